The van der Waals surface area contributed by atoms with E-state index in [1.54, 1.807) is 30.6 Å². The zero-order chi connectivity index (χ0) is 21.4. The monoisotopic (exact) mass is 427 g/mol. The first-order valence-corrected chi connectivity index (χ1v) is 10.9. The van der Waals surface area contributed by atoms with Crippen molar-refractivity contribution in [3.63, 3.8) is 0 Å². The van der Waals surface area contributed by atoms with Gasteiger partial charge in [-0.25, -0.2) is 17.5 Å². The molecule has 0 saturated carbocycles. The number of pyridine rings is 1. The average molecular weight is 428 g/mol. The van der Waals surface area contributed by atoms with Crippen LogP contribution in [0.4, 0.5) is 4.39 Å². The summed E-state index contributed by atoms with van der Waals surface area (Å²) < 4.78 is 40.8. The van der Waals surface area contributed by atoms with Crippen LogP contribution in [0.25, 0.3) is 0 Å². The molecule has 0 atom stereocenters. The van der Waals surface area contributed by atoms with Gasteiger partial charge in [0.2, 0.25) is 15.9 Å². The average Bonchev–Trinajstić information content (AvgIpc) is 2.76. The maximum Gasteiger partial charge on any atom is 0.240 e. The third kappa shape index (κ3) is 6.47. The van der Waals surface area contributed by atoms with Crippen LogP contribution in [0.3, 0.4) is 0 Å². The Bertz CT molecular complexity index is 1110. The van der Waals surface area contributed by atoms with E-state index in [2.05, 4.69) is 15.0 Å². The fourth-order valence-electron chi connectivity index (χ4n) is 2.82. The fourth-order valence-corrected chi connectivity index (χ4v) is 3.91. The lowest BCUT2D eigenvalue weighted by Gasteiger charge is -2.10. The molecule has 0 fully saturated rings. The van der Waals surface area contributed by atoms with E-state index < -0.39 is 15.8 Å². The molecule has 6 nitrogen and oxygen atoms in total. The number of sulfonamides is 1. The summed E-state index contributed by atoms with van der Waals surface area (Å²) in [6.07, 6.45) is 4.30. The summed E-state index contributed by atoms with van der Waals surface area (Å²) in [5.41, 5.74) is 2.17. The molecule has 1 aromatic heterocycles. The number of aryl methyl sites for hydroxylation is 1. The van der Waals surface area contributed by atoms with Crippen LogP contribution in [0.2, 0.25) is 0 Å². The highest BCUT2D eigenvalue weighted by Gasteiger charge is 2.14. The van der Waals surface area contributed by atoms with E-state index in [1.165, 1.54) is 30.3 Å². The molecule has 0 unspecified atom stereocenters. The van der Waals surface area contributed by atoms with Gasteiger partial charge in [-0.2, -0.15) is 0 Å². The second-order valence-electron chi connectivity index (χ2n) is 6.74. The summed E-state index contributed by atoms with van der Waals surface area (Å²) in [5, 5.41) is 2.80. The Hall–Kier alpha value is -3.10. The number of rotatable bonds is 9. The molecule has 1 amide bonds. The van der Waals surface area contributed by atoms with Crippen LogP contribution in [0, 0.1) is 5.82 Å². The SMILES string of the molecule is O=C(CCc1cccnc1)NCc1cccc(S(=O)(=O)NCc2cccc(F)c2)c1. The molecule has 156 valence electrons. The minimum Gasteiger partial charge on any atom is -0.352 e. The minimum atomic E-state index is -3.77. The number of benzene rings is 2. The van der Waals surface area contributed by atoms with Gasteiger partial charge < -0.3 is 5.32 Å². The Morgan fingerprint density at radius 3 is 2.40 bits per heavy atom. The van der Waals surface area contributed by atoms with E-state index in [0.717, 1.165) is 5.56 Å². The summed E-state index contributed by atoms with van der Waals surface area (Å²) >= 11 is 0. The number of halogens is 1. The van der Waals surface area contributed by atoms with Gasteiger partial charge >= 0.3 is 0 Å². The second-order valence-corrected chi connectivity index (χ2v) is 8.51. The molecular formula is C22H22FN3O3S. The van der Waals surface area contributed by atoms with Crippen LogP contribution in [0.1, 0.15) is 23.1 Å². The van der Waals surface area contributed by atoms with Crippen molar-refractivity contribution in [3.8, 4) is 0 Å². The molecule has 1 heterocycles. The first kappa shape index (κ1) is 21.6. The van der Waals surface area contributed by atoms with E-state index in [0.29, 0.717) is 24.0 Å². The third-order valence-corrected chi connectivity index (χ3v) is 5.82. The highest BCUT2D eigenvalue weighted by atomic mass is 32.2. The van der Waals surface area contributed by atoms with Crippen molar-refractivity contribution >= 4 is 15.9 Å². The number of nitrogens with zero attached hydrogens (tertiary/aromatic N) is 1. The first-order chi connectivity index (χ1) is 14.4. The summed E-state index contributed by atoms with van der Waals surface area (Å²) in [5.74, 6) is -0.552. The molecule has 2 aromatic carbocycles. The van der Waals surface area contributed by atoms with E-state index in [-0.39, 0.29) is 23.9 Å². The quantitative estimate of drug-likeness (QED) is 0.550. The number of aromatic nitrogens is 1. The first-order valence-electron chi connectivity index (χ1n) is 9.41. The van der Waals surface area contributed by atoms with Gasteiger partial charge in [0, 0.05) is 31.9 Å². The van der Waals surface area contributed by atoms with E-state index in [1.807, 2.05) is 12.1 Å². The van der Waals surface area contributed by atoms with Crippen LogP contribution in [-0.2, 0) is 34.3 Å². The smallest absolute Gasteiger partial charge is 0.240 e. The van der Waals surface area contributed by atoms with Crippen LogP contribution in [0.5, 0.6) is 0 Å². The third-order valence-electron chi connectivity index (χ3n) is 4.42. The molecule has 0 saturated heterocycles. The minimum absolute atomic E-state index is 0.0185. The van der Waals surface area contributed by atoms with Gasteiger partial charge in [0.25, 0.3) is 0 Å². The summed E-state index contributed by atoms with van der Waals surface area (Å²) in [6.45, 7) is 0.203. The van der Waals surface area contributed by atoms with Crippen LogP contribution < -0.4 is 10.0 Å². The Morgan fingerprint density at radius 1 is 0.933 bits per heavy atom. The predicted molar refractivity (Wildman–Crippen MR) is 111 cm³/mol. The Balaban J connectivity index is 1.54. The van der Waals surface area contributed by atoms with Crippen molar-refractivity contribution in [2.24, 2.45) is 0 Å². The van der Waals surface area contributed by atoms with Crippen LogP contribution in [0.15, 0.2) is 78.0 Å². The van der Waals surface area contributed by atoms with Crippen molar-refractivity contribution in [2.75, 3.05) is 0 Å². The van der Waals surface area contributed by atoms with Gasteiger partial charge in [-0.3, -0.25) is 9.78 Å². The fraction of sp³-hybridized carbons (Fsp3) is 0.182. The Kier molecular flexibility index (Phi) is 7.26. The molecular weight excluding hydrogens is 405 g/mol. The molecule has 2 N–H and O–H groups in total. The molecule has 30 heavy (non-hydrogen) atoms. The van der Waals surface area contributed by atoms with Gasteiger partial charge in [0.05, 0.1) is 4.90 Å². The molecule has 0 aliphatic heterocycles. The molecule has 3 rings (SSSR count). The Labute approximate surface area is 175 Å². The lowest BCUT2D eigenvalue weighted by Crippen LogP contribution is -2.25. The van der Waals surface area contributed by atoms with E-state index in [9.17, 15) is 17.6 Å². The van der Waals surface area contributed by atoms with E-state index in [4.69, 9.17) is 0 Å². The maximum atomic E-state index is 13.2. The molecule has 0 bridgehead atoms. The van der Waals surface area contributed by atoms with Crippen molar-refractivity contribution in [1.82, 2.24) is 15.0 Å². The Morgan fingerprint density at radius 2 is 1.67 bits per heavy atom. The van der Waals surface area contributed by atoms with Gasteiger partial charge in [0.15, 0.2) is 0 Å². The largest absolute Gasteiger partial charge is 0.352 e. The molecule has 3 aromatic rings. The standard InChI is InChI=1S/C22H22FN3O3S/c23-20-7-1-4-18(12-20)16-26-30(28,29)21-8-2-5-19(13-21)15-25-22(27)10-9-17-6-3-11-24-14-17/h1-8,11-14,26H,9-10,15-16H2,(H,25,27). The van der Waals surface area contributed by atoms with Gasteiger partial charge in [-0.05, 0) is 53.4 Å². The zero-order valence-corrected chi connectivity index (χ0v) is 17.0. The number of carbonyl (C=O) groups excluding carboxylic acids is 1. The topological polar surface area (TPSA) is 88.2 Å². The highest BCUT2D eigenvalue weighted by Crippen LogP contribution is 2.13. The predicted octanol–water partition coefficient (Wildman–Crippen LogP) is 2.95. The van der Waals surface area contributed by atoms with Crippen molar-refractivity contribution in [3.05, 3.63) is 95.6 Å². The van der Waals surface area contributed by atoms with Crippen molar-refractivity contribution < 1.29 is 17.6 Å². The van der Waals surface area contributed by atoms with E-state index >= 15 is 0 Å². The number of hydrogen-bond acceptors (Lipinski definition) is 4. The van der Waals surface area contributed by atoms with Crippen LogP contribution >= 0.6 is 0 Å². The number of nitrogens with one attached hydrogen (secondary N) is 2. The number of carbonyl (C=O) groups is 1. The van der Waals surface area contributed by atoms with Gasteiger partial charge in [0.1, 0.15) is 5.82 Å². The van der Waals surface area contributed by atoms with Gasteiger partial charge in [-0.15, -0.1) is 0 Å². The van der Waals surface area contributed by atoms with Crippen molar-refractivity contribution in [2.45, 2.75) is 30.8 Å². The lowest BCUT2D eigenvalue weighted by atomic mass is 10.1. The molecule has 8 heteroatoms. The van der Waals surface area contributed by atoms with Gasteiger partial charge in [-0.1, -0.05) is 30.3 Å². The highest BCUT2D eigenvalue weighted by molar-refractivity contribution is 7.89. The molecule has 0 aliphatic rings. The molecule has 0 radical (unpaired) electrons. The van der Waals surface area contributed by atoms with Crippen molar-refractivity contribution in [1.29, 1.82) is 0 Å². The zero-order valence-electron chi connectivity index (χ0n) is 16.2. The lowest BCUT2D eigenvalue weighted by molar-refractivity contribution is -0.121. The molecule has 0 aliphatic carbocycles. The summed E-state index contributed by atoms with van der Waals surface area (Å²) in [7, 11) is -3.77. The second kappa shape index (κ2) is 10.1. The molecule has 0 spiro atoms. The summed E-state index contributed by atoms with van der Waals surface area (Å²) in [4.78, 5) is 16.2. The van der Waals surface area contributed by atoms with Crippen LogP contribution in [-0.4, -0.2) is 19.3 Å². The number of amides is 1. The normalized spacial score (nSPS) is 11.2. The summed E-state index contributed by atoms with van der Waals surface area (Å²) in [6, 6.07) is 15.8. The maximum absolute atomic E-state index is 13.2. The number of hydrogen-bond donors (Lipinski definition) is 2.